The molecule has 8 heteroatoms. The van der Waals surface area contributed by atoms with E-state index in [9.17, 15) is 9.18 Å². The summed E-state index contributed by atoms with van der Waals surface area (Å²) in [7, 11) is 0. The van der Waals surface area contributed by atoms with Crippen LogP contribution in [0.15, 0.2) is 42.5 Å². The number of carbonyl (C=O) groups is 1. The van der Waals surface area contributed by atoms with Crippen LogP contribution >= 0.6 is 11.6 Å². The predicted octanol–water partition coefficient (Wildman–Crippen LogP) is 3.09. The minimum atomic E-state index is -0.480. The van der Waals surface area contributed by atoms with E-state index < -0.39 is 5.82 Å². The summed E-state index contributed by atoms with van der Waals surface area (Å²) in [5.41, 5.74) is 2.03. The molecule has 1 amide bonds. The molecule has 2 aromatic carbocycles. The van der Waals surface area contributed by atoms with Crippen molar-refractivity contribution in [3.05, 3.63) is 64.6 Å². The first-order valence-electron chi connectivity index (χ1n) is 9.59. The van der Waals surface area contributed by atoms with Crippen LogP contribution in [0.3, 0.4) is 0 Å². The Morgan fingerprint density at radius 1 is 1.17 bits per heavy atom. The number of fused-ring (bicyclic) bond motifs is 1. The fourth-order valence-electron chi connectivity index (χ4n) is 3.44. The van der Waals surface area contributed by atoms with Crippen molar-refractivity contribution < 1.29 is 13.9 Å². The van der Waals surface area contributed by atoms with Gasteiger partial charge in [-0.15, -0.1) is 0 Å². The number of benzene rings is 2. The lowest BCUT2D eigenvalue weighted by molar-refractivity contribution is 0.0361. The van der Waals surface area contributed by atoms with Crippen LogP contribution in [-0.4, -0.2) is 53.4 Å². The zero-order valence-corrected chi connectivity index (χ0v) is 16.7. The van der Waals surface area contributed by atoms with Crippen LogP contribution in [0.2, 0.25) is 5.02 Å². The number of para-hydroxylation sites is 1. The van der Waals surface area contributed by atoms with Gasteiger partial charge in [0.05, 0.1) is 30.3 Å². The molecule has 1 saturated heterocycles. The van der Waals surface area contributed by atoms with E-state index in [0.29, 0.717) is 12.2 Å². The Bertz CT molecular complexity index is 1020. The number of hydrogen-bond donors (Lipinski definition) is 1. The molecule has 0 spiro atoms. The van der Waals surface area contributed by atoms with Gasteiger partial charge in [-0.2, -0.15) is 5.10 Å². The van der Waals surface area contributed by atoms with E-state index in [2.05, 4.69) is 15.3 Å². The molecule has 1 N–H and O–H groups in total. The molecule has 0 aliphatic carbocycles. The van der Waals surface area contributed by atoms with Gasteiger partial charge >= 0.3 is 0 Å². The second-order valence-electron chi connectivity index (χ2n) is 6.97. The van der Waals surface area contributed by atoms with Gasteiger partial charge in [0.1, 0.15) is 5.82 Å². The van der Waals surface area contributed by atoms with Gasteiger partial charge in [-0.25, -0.2) is 4.39 Å². The van der Waals surface area contributed by atoms with Crippen LogP contribution in [0, 0.1) is 5.82 Å². The Balaban J connectivity index is 1.48. The number of morpholine rings is 1. The Hall–Kier alpha value is -2.48. The van der Waals surface area contributed by atoms with Crippen LogP contribution in [0.1, 0.15) is 16.1 Å². The van der Waals surface area contributed by atoms with Crippen molar-refractivity contribution in [3.63, 3.8) is 0 Å². The number of aromatic nitrogens is 2. The van der Waals surface area contributed by atoms with Crippen molar-refractivity contribution in [2.24, 2.45) is 0 Å². The van der Waals surface area contributed by atoms with E-state index in [0.717, 1.165) is 49.3 Å². The minimum absolute atomic E-state index is 0.0367. The first-order valence-corrected chi connectivity index (χ1v) is 9.97. The number of carbonyl (C=O) groups excluding carboxylic acids is 1. The number of ether oxygens (including phenoxy) is 1. The van der Waals surface area contributed by atoms with Gasteiger partial charge < -0.3 is 10.1 Å². The molecule has 29 heavy (non-hydrogen) atoms. The molecule has 6 nitrogen and oxygen atoms in total. The van der Waals surface area contributed by atoms with Gasteiger partial charge in [-0.3, -0.25) is 14.4 Å². The third-order valence-electron chi connectivity index (χ3n) is 5.04. The molecule has 3 aromatic rings. The van der Waals surface area contributed by atoms with Crippen LogP contribution in [-0.2, 0) is 17.8 Å². The van der Waals surface area contributed by atoms with Crippen molar-refractivity contribution in [1.29, 1.82) is 0 Å². The Morgan fingerprint density at radius 3 is 2.76 bits per heavy atom. The average molecular weight is 417 g/mol. The molecule has 1 aromatic heterocycles. The lowest BCUT2D eigenvalue weighted by atomic mass is 10.2. The summed E-state index contributed by atoms with van der Waals surface area (Å²) < 4.78 is 20.6. The quantitative estimate of drug-likeness (QED) is 0.671. The molecule has 1 aliphatic rings. The van der Waals surface area contributed by atoms with Crippen LogP contribution in [0.25, 0.3) is 10.9 Å². The van der Waals surface area contributed by atoms with E-state index >= 15 is 0 Å². The molecule has 0 bridgehead atoms. The molecule has 0 unspecified atom stereocenters. The number of halogens is 2. The van der Waals surface area contributed by atoms with E-state index in [1.807, 2.05) is 28.9 Å². The van der Waals surface area contributed by atoms with E-state index in [-0.39, 0.29) is 17.5 Å². The first kappa shape index (κ1) is 19.8. The van der Waals surface area contributed by atoms with Crippen molar-refractivity contribution in [1.82, 2.24) is 20.0 Å². The number of rotatable bonds is 6. The highest BCUT2D eigenvalue weighted by Gasteiger charge is 2.18. The van der Waals surface area contributed by atoms with Crippen molar-refractivity contribution in [2.75, 3.05) is 32.8 Å². The largest absolute Gasteiger partial charge is 0.379 e. The average Bonchev–Trinajstić information content (AvgIpc) is 3.12. The smallest absolute Gasteiger partial charge is 0.272 e. The Morgan fingerprint density at radius 2 is 1.97 bits per heavy atom. The summed E-state index contributed by atoms with van der Waals surface area (Å²) in [6, 6.07) is 12.1. The zero-order valence-electron chi connectivity index (χ0n) is 15.9. The van der Waals surface area contributed by atoms with Gasteiger partial charge in [-0.05, 0) is 23.8 Å². The summed E-state index contributed by atoms with van der Waals surface area (Å²) in [4.78, 5) is 15.1. The maximum atomic E-state index is 13.3. The monoisotopic (exact) mass is 416 g/mol. The SMILES string of the molecule is O=C(NCc1ccc(F)c(Cl)c1)c1nn(CCN2CCOCC2)c2ccccc12. The molecule has 0 radical (unpaired) electrons. The maximum Gasteiger partial charge on any atom is 0.272 e. The van der Waals surface area contributed by atoms with Crippen LogP contribution < -0.4 is 5.32 Å². The van der Waals surface area contributed by atoms with Gasteiger partial charge in [0.2, 0.25) is 0 Å². The summed E-state index contributed by atoms with van der Waals surface area (Å²) in [5, 5.41) is 8.27. The molecule has 1 aliphatic heterocycles. The van der Waals surface area contributed by atoms with Crippen molar-refractivity contribution >= 4 is 28.4 Å². The highest BCUT2D eigenvalue weighted by atomic mass is 35.5. The lowest BCUT2D eigenvalue weighted by Crippen LogP contribution is -2.38. The topological polar surface area (TPSA) is 59.4 Å². The third kappa shape index (κ3) is 4.58. The predicted molar refractivity (Wildman–Crippen MR) is 110 cm³/mol. The molecule has 4 rings (SSSR count). The minimum Gasteiger partial charge on any atom is -0.379 e. The summed E-state index contributed by atoms with van der Waals surface area (Å²) >= 11 is 5.81. The zero-order chi connectivity index (χ0) is 20.2. The van der Waals surface area contributed by atoms with Crippen LogP contribution in [0.5, 0.6) is 0 Å². The van der Waals surface area contributed by atoms with E-state index in [1.54, 1.807) is 6.07 Å². The second kappa shape index (κ2) is 8.90. The summed E-state index contributed by atoms with van der Waals surface area (Å²) in [6.07, 6.45) is 0. The lowest BCUT2D eigenvalue weighted by Gasteiger charge is -2.26. The van der Waals surface area contributed by atoms with Gasteiger partial charge in [0, 0.05) is 31.6 Å². The highest BCUT2D eigenvalue weighted by molar-refractivity contribution is 6.30. The Kier molecular flexibility index (Phi) is 6.08. The first-order chi connectivity index (χ1) is 14.1. The molecular weight excluding hydrogens is 395 g/mol. The fraction of sp³-hybridized carbons (Fsp3) is 0.333. The van der Waals surface area contributed by atoms with Gasteiger partial charge in [0.15, 0.2) is 5.69 Å². The molecule has 0 atom stereocenters. The van der Waals surface area contributed by atoms with Crippen LogP contribution in [0.4, 0.5) is 4.39 Å². The standard InChI is InChI=1S/C21H22ClFN4O2/c22-17-13-15(5-6-18(17)23)14-24-21(28)20-16-3-1-2-4-19(16)27(25-20)8-7-26-9-11-29-12-10-26/h1-6,13H,7-12,14H2,(H,24,28). The highest BCUT2D eigenvalue weighted by Crippen LogP contribution is 2.19. The van der Waals surface area contributed by atoms with Crippen molar-refractivity contribution in [2.45, 2.75) is 13.1 Å². The molecular formula is C21H22ClFN4O2. The van der Waals surface area contributed by atoms with E-state index in [1.165, 1.54) is 12.1 Å². The van der Waals surface area contributed by atoms with Gasteiger partial charge in [0.25, 0.3) is 5.91 Å². The summed E-state index contributed by atoms with van der Waals surface area (Å²) in [5.74, 6) is -0.751. The number of amides is 1. The molecule has 1 fully saturated rings. The number of nitrogens with one attached hydrogen (secondary N) is 1. The molecule has 0 saturated carbocycles. The molecule has 2 heterocycles. The van der Waals surface area contributed by atoms with Gasteiger partial charge in [-0.1, -0.05) is 35.9 Å². The maximum absolute atomic E-state index is 13.3. The second-order valence-corrected chi connectivity index (χ2v) is 7.38. The molecule has 152 valence electrons. The number of nitrogens with zero attached hydrogens (tertiary/aromatic N) is 3. The summed E-state index contributed by atoms with van der Waals surface area (Å²) in [6.45, 7) is 5.11. The Labute approximate surface area is 173 Å². The third-order valence-corrected chi connectivity index (χ3v) is 5.33. The normalized spacial score (nSPS) is 15.0. The van der Waals surface area contributed by atoms with Crippen molar-refractivity contribution in [3.8, 4) is 0 Å². The number of hydrogen-bond acceptors (Lipinski definition) is 4. The van der Waals surface area contributed by atoms with E-state index in [4.69, 9.17) is 16.3 Å². The fourth-order valence-corrected chi connectivity index (χ4v) is 3.65.